The van der Waals surface area contributed by atoms with Crippen molar-refractivity contribution in [3.8, 4) is 11.1 Å². The molecule has 2 aromatic carbocycles. The van der Waals surface area contributed by atoms with Crippen LogP contribution < -0.4 is 21.5 Å². The van der Waals surface area contributed by atoms with E-state index in [9.17, 15) is 9.59 Å². The van der Waals surface area contributed by atoms with Crippen LogP contribution in [0.3, 0.4) is 0 Å². The van der Waals surface area contributed by atoms with Gasteiger partial charge in [-0.3, -0.25) is 14.6 Å². The van der Waals surface area contributed by atoms with Crippen LogP contribution in [0.5, 0.6) is 0 Å². The molecule has 4 rings (SSSR count). The first-order chi connectivity index (χ1) is 15.1. The van der Waals surface area contributed by atoms with Gasteiger partial charge in [0.2, 0.25) is 5.91 Å². The molecular weight excluding hydrogens is 390 g/mol. The number of carbonyl (C=O) groups is 2. The lowest BCUT2D eigenvalue weighted by Crippen LogP contribution is -2.49. The second kappa shape index (κ2) is 9.51. The molecule has 3 aromatic rings. The number of hydrogen-bond acceptors (Lipinski definition) is 5. The number of nitrogens with zero attached hydrogens (tertiary/aromatic N) is 1. The maximum absolute atomic E-state index is 12.4. The van der Waals surface area contributed by atoms with Crippen LogP contribution in [0.1, 0.15) is 28.9 Å². The highest BCUT2D eigenvalue weighted by atomic mass is 16.2. The van der Waals surface area contributed by atoms with Crippen LogP contribution in [0.25, 0.3) is 11.1 Å². The van der Waals surface area contributed by atoms with Crippen molar-refractivity contribution in [1.29, 1.82) is 0 Å². The van der Waals surface area contributed by atoms with E-state index in [0.717, 1.165) is 16.7 Å². The second-order valence-electron chi connectivity index (χ2n) is 7.58. The maximum Gasteiger partial charge on any atom is 0.251 e. The van der Waals surface area contributed by atoms with Gasteiger partial charge in [-0.05, 0) is 41.0 Å². The van der Waals surface area contributed by atoms with Gasteiger partial charge in [0, 0.05) is 23.9 Å². The average Bonchev–Trinajstić information content (AvgIpc) is 3.18. The molecule has 0 radical (unpaired) electrons. The zero-order valence-corrected chi connectivity index (χ0v) is 17.2. The van der Waals surface area contributed by atoms with Crippen LogP contribution in [0.15, 0.2) is 79.1 Å². The van der Waals surface area contributed by atoms with E-state index in [2.05, 4.69) is 33.4 Å². The number of carbonyl (C=O) groups excluding carboxylic acids is 2. The van der Waals surface area contributed by atoms with E-state index in [1.165, 1.54) is 0 Å². The van der Waals surface area contributed by atoms with Gasteiger partial charge in [-0.1, -0.05) is 49.4 Å². The molecule has 7 heteroatoms. The lowest BCUT2D eigenvalue weighted by molar-refractivity contribution is -0.121. The molecule has 1 fully saturated rings. The summed E-state index contributed by atoms with van der Waals surface area (Å²) in [4.78, 5) is 28.8. The van der Waals surface area contributed by atoms with Gasteiger partial charge < -0.3 is 10.6 Å². The predicted molar refractivity (Wildman–Crippen MR) is 119 cm³/mol. The molecule has 3 unspecified atom stereocenters. The molecule has 2 heterocycles. The second-order valence-corrected chi connectivity index (χ2v) is 7.58. The Hall–Kier alpha value is -3.55. The first-order valence-corrected chi connectivity index (χ1v) is 10.3. The summed E-state index contributed by atoms with van der Waals surface area (Å²) < 4.78 is 0. The number of hydrazine groups is 1. The lowest BCUT2D eigenvalue weighted by Gasteiger charge is -2.20. The first-order valence-electron chi connectivity index (χ1n) is 10.3. The zero-order chi connectivity index (χ0) is 21.6. The SMILES string of the molecule is CC1C(NC(=O)CNC(=O)c2ccc(-c3ccccc3)cc2)NNC1c1ccncc1. The molecule has 1 aliphatic heterocycles. The van der Waals surface area contributed by atoms with E-state index in [4.69, 9.17) is 0 Å². The Kier molecular flexibility index (Phi) is 6.35. The van der Waals surface area contributed by atoms with E-state index < -0.39 is 0 Å². The van der Waals surface area contributed by atoms with Crippen LogP contribution in [0, 0.1) is 5.92 Å². The number of hydrogen-bond donors (Lipinski definition) is 4. The molecule has 0 saturated carbocycles. The standard InChI is InChI=1S/C24H25N5O2/c1-16-22(19-11-13-25-14-12-19)28-29-23(16)27-21(30)15-26-24(31)20-9-7-18(8-10-20)17-5-3-2-4-6-17/h2-14,16,22-23,28-29H,15H2,1H3,(H,26,31)(H,27,30). The molecule has 31 heavy (non-hydrogen) atoms. The smallest absolute Gasteiger partial charge is 0.251 e. The Balaban J connectivity index is 1.27. The third kappa shape index (κ3) is 4.96. The number of rotatable bonds is 6. The Morgan fingerprint density at radius 1 is 0.903 bits per heavy atom. The number of amides is 2. The molecule has 4 N–H and O–H groups in total. The maximum atomic E-state index is 12.4. The summed E-state index contributed by atoms with van der Waals surface area (Å²) in [5.41, 5.74) is 10.1. The summed E-state index contributed by atoms with van der Waals surface area (Å²) in [6, 6.07) is 21.2. The van der Waals surface area contributed by atoms with Gasteiger partial charge in [-0.15, -0.1) is 0 Å². The van der Waals surface area contributed by atoms with Gasteiger partial charge >= 0.3 is 0 Å². The minimum atomic E-state index is -0.282. The Morgan fingerprint density at radius 3 is 2.29 bits per heavy atom. The summed E-state index contributed by atoms with van der Waals surface area (Å²) in [6.45, 7) is 1.96. The molecule has 1 saturated heterocycles. The van der Waals surface area contributed by atoms with Crippen LogP contribution >= 0.6 is 0 Å². The molecular formula is C24H25N5O2. The molecule has 0 bridgehead atoms. The molecule has 0 aliphatic carbocycles. The number of pyridine rings is 1. The van der Waals surface area contributed by atoms with Gasteiger partial charge in [-0.25, -0.2) is 10.9 Å². The van der Waals surface area contributed by atoms with Gasteiger partial charge in [0.25, 0.3) is 5.91 Å². The van der Waals surface area contributed by atoms with Gasteiger partial charge in [-0.2, -0.15) is 0 Å². The van der Waals surface area contributed by atoms with Gasteiger partial charge in [0.1, 0.15) is 0 Å². The van der Waals surface area contributed by atoms with Crippen molar-refractivity contribution in [3.05, 3.63) is 90.3 Å². The topological polar surface area (TPSA) is 95.2 Å². The minimum absolute atomic E-state index is 0.0611. The van der Waals surface area contributed by atoms with Crippen molar-refractivity contribution in [2.24, 2.45) is 5.92 Å². The van der Waals surface area contributed by atoms with Gasteiger partial charge in [0.05, 0.1) is 18.8 Å². The molecule has 1 aliphatic rings. The highest BCUT2D eigenvalue weighted by Gasteiger charge is 2.34. The molecule has 158 valence electrons. The van der Waals surface area contributed by atoms with Crippen molar-refractivity contribution in [3.63, 3.8) is 0 Å². The first kappa shape index (κ1) is 20.7. The third-order valence-corrected chi connectivity index (χ3v) is 5.49. The average molecular weight is 415 g/mol. The van der Waals surface area contributed by atoms with E-state index >= 15 is 0 Å². The van der Waals surface area contributed by atoms with Gasteiger partial charge in [0.15, 0.2) is 0 Å². The van der Waals surface area contributed by atoms with Crippen molar-refractivity contribution in [2.45, 2.75) is 19.1 Å². The van der Waals surface area contributed by atoms with Crippen LogP contribution in [-0.4, -0.2) is 29.5 Å². The number of aromatic nitrogens is 1. The molecule has 3 atom stereocenters. The lowest BCUT2D eigenvalue weighted by atomic mass is 9.95. The van der Waals surface area contributed by atoms with Crippen molar-refractivity contribution >= 4 is 11.8 Å². The van der Waals surface area contributed by atoms with Crippen LogP contribution in [0.2, 0.25) is 0 Å². The molecule has 0 spiro atoms. The van der Waals surface area contributed by atoms with Crippen molar-refractivity contribution < 1.29 is 9.59 Å². The highest BCUT2D eigenvalue weighted by molar-refractivity contribution is 5.96. The summed E-state index contributed by atoms with van der Waals surface area (Å²) in [7, 11) is 0. The predicted octanol–water partition coefficient (Wildman–Crippen LogP) is 2.41. The number of nitrogens with one attached hydrogen (secondary N) is 4. The summed E-state index contributed by atoms with van der Waals surface area (Å²) >= 11 is 0. The van der Waals surface area contributed by atoms with Crippen LogP contribution in [-0.2, 0) is 4.79 Å². The molecule has 1 aromatic heterocycles. The third-order valence-electron chi connectivity index (χ3n) is 5.49. The Labute approximate surface area is 181 Å². The van der Waals surface area contributed by atoms with Crippen molar-refractivity contribution in [1.82, 2.24) is 26.5 Å². The largest absolute Gasteiger partial charge is 0.343 e. The fourth-order valence-electron chi connectivity index (χ4n) is 3.69. The summed E-state index contributed by atoms with van der Waals surface area (Å²) in [5.74, 6) is -0.418. The summed E-state index contributed by atoms with van der Waals surface area (Å²) in [5, 5.41) is 5.61. The monoisotopic (exact) mass is 415 g/mol. The highest BCUT2D eigenvalue weighted by Crippen LogP contribution is 2.26. The Morgan fingerprint density at radius 2 is 1.58 bits per heavy atom. The fraction of sp³-hybridized carbons (Fsp3) is 0.208. The van der Waals surface area contributed by atoms with E-state index in [1.54, 1.807) is 24.5 Å². The summed E-state index contributed by atoms with van der Waals surface area (Å²) in [6.07, 6.45) is 3.25. The normalized spacial score (nSPS) is 20.2. The fourth-order valence-corrected chi connectivity index (χ4v) is 3.69. The quantitative estimate of drug-likeness (QED) is 0.496. The number of benzene rings is 2. The van der Waals surface area contributed by atoms with Crippen molar-refractivity contribution in [2.75, 3.05) is 6.54 Å². The van der Waals surface area contributed by atoms with Crippen LogP contribution in [0.4, 0.5) is 0 Å². The Bertz CT molecular complexity index is 1020. The van der Waals surface area contributed by atoms with E-state index in [1.807, 2.05) is 54.6 Å². The zero-order valence-electron chi connectivity index (χ0n) is 17.2. The molecule has 2 amide bonds. The molecule has 7 nitrogen and oxygen atoms in total. The minimum Gasteiger partial charge on any atom is -0.343 e. The van der Waals surface area contributed by atoms with E-state index in [-0.39, 0.29) is 36.5 Å². The van der Waals surface area contributed by atoms with E-state index in [0.29, 0.717) is 5.56 Å².